The molecule has 3 atom stereocenters. The molecule has 0 spiro atoms. The van der Waals surface area contributed by atoms with Crippen LogP contribution in [0.1, 0.15) is 39.5 Å². The van der Waals surface area contributed by atoms with Crippen molar-refractivity contribution < 1.29 is 8.42 Å². The quantitative estimate of drug-likeness (QED) is 0.751. The molecule has 0 bridgehead atoms. The van der Waals surface area contributed by atoms with Crippen LogP contribution in [0.5, 0.6) is 0 Å². The molecule has 2 saturated heterocycles. The fourth-order valence-electron chi connectivity index (χ4n) is 3.13. The Morgan fingerprint density at radius 1 is 1.16 bits per heavy atom. The van der Waals surface area contributed by atoms with Crippen molar-refractivity contribution in [3.05, 3.63) is 0 Å². The first-order chi connectivity index (χ1) is 8.96. The third-order valence-electron chi connectivity index (χ3n) is 4.64. The number of hydrogen-bond donors (Lipinski definition) is 0. The van der Waals surface area contributed by atoms with Gasteiger partial charge >= 0.3 is 0 Å². The molecule has 0 aromatic rings. The minimum atomic E-state index is -3.30. The summed E-state index contributed by atoms with van der Waals surface area (Å²) in [5, 5.41) is 0. The van der Waals surface area contributed by atoms with Crippen molar-refractivity contribution in [2.75, 3.05) is 25.5 Å². The van der Waals surface area contributed by atoms with E-state index >= 15 is 0 Å². The molecular weight excluding hydrogens is 284 g/mol. The highest BCUT2D eigenvalue weighted by Gasteiger charge is 2.38. The molecule has 0 aromatic carbocycles. The van der Waals surface area contributed by atoms with Crippen LogP contribution in [-0.4, -0.2) is 48.6 Å². The Labute approximate surface area is 122 Å². The number of piperidine rings is 2. The second-order valence-corrected chi connectivity index (χ2v) is 8.19. The maximum absolute atomic E-state index is 12.8. The average molecular weight is 309 g/mol. The molecule has 19 heavy (non-hydrogen) atoms. The van der Waals surface area contributed by atoms with Gasteiger partial charge in [-0.3, -0.25) is 0 Å². The molecule has 4 nitrogen and oxygen atoms in total. The van der Waals surface area contributed by atoms with Gasteiger partial charge in [0.05, 0.1) is 0 Å². The molecule has 6 heteroatoms. The monoisotopic (exact) mass is 308 g/mol. The SMILES string of the molecule is CC1CCCN(S(=O)(=O)N2CCCC(CCl)C2)C1C. The molecule has 2 aliphatic rings. The zero-order chi connectivity index (χ0) is 14.0. The first kappa shape index (κ1) is 15.5. The molecule has 0 aromatic heterocycles. The van der Waals surface area contributed by atoms with Gasteiger partial charge in [-0.2, -0.15) is 17.0 Å². The van der Waals surface area contributed by atoms with E-state index in [4.69, 9.17) is 11.6 Å². The first-order valence-corrected chi connectivity index (χ1v) is 9.23. The second-order valence-electron chi connectivity index (χ2n) is 6.00. The predicted molar refractivity (Wildman–Crippen MR) is 78.5 cm³/mol. The number of hydrogen-bond acceptors (Lipinski definition) is 2. The number of nitrogens with zero attached hydrogens (tertiary/aromatic N) is 2. The van der Waals surface area contributed by atoms with Gasteiger partial charge in [-0.15, -0.1) is 11.6 Å². The van der Waals surface area contributed by atoms with E-state index in [2.05, 4.69) is 6.92 Å². The second kappa shape index (κ2) is 6.29. The van der Waals surface area contributed by atoms with Crippen LogP contribution in [0.2, 0.25) is 0 Å². The standard InChI is InChI=1S/C13H25ClN2O2S/c1-11-5-3-8-16(12(11)2)19(17,18)15-7-4-6-13(9-14)10-15/h11-13H,3-10H2,1-2H3. The minimum Gasteiger partial charge on any atom is -0.195 e. The highest BCUT2D eigenvalue weighted by molar-refractivity contribution is 7.86. The van der Waals surface area contributed by atoms with Crippen molar-refractivity contribution in [1.82, 2.24) is 8.61 Å². The maximum atomic E-state index is 12.8. The van der Waals surface area contributed by atoms with Gasteiger partial charge in [0.25, 0.3) is 10.2 Å². The van der Waals surface area contributed by atoms with Gasteiger partial charge in [0, 0.05) is 31.6 Å². The molecule has 112 valence electrons. The highest BCUT2D eigenvalue weighted by Crippen LogP contribution is 2.29. The number of halogens is 1. The maximum Gasteiger partial charge on any atom is 0.282 e. The van der Waals surface area contributed by atoms with Crippen LogP contribution in [0.3, 0.4) is 0 Å². The van der Waals surface area contributed by atoms with E-state index in [9.17, 15) is 8.42 Å². The van der Waals surface area contributed by atoms with Crippen molar-refractivity contribution >= 4 is 21.8 Å². The number of alkyl halides is 1. The molecule has 2 aliphatic heterocycles. The average Bonchev–Trinajstić information content (AvgIpc) is 2.41. The minimum absolute atomic E-state index is 0.107. The van der Waals surface area contributed by atoms with Crippen molar-refractivity contribution in [3.8, 4) is 0 Å². The fraction of sp³-hybridized carbons (Fsp3) is 1.00. The van der Waals surface area contributed by atoms with Gasteiger partial charge in [0.1, 0.15) is 0 Å². The van der Waals surface area contributed by atoms with Crippen LogP contribution in [0.25, 0.3) is 0 Å². The highest BCUT2D eigenvalue weighted by atomic mass is 35.5. The Hall–Kier alpha value is 0.160. The Kier molecular flexibility index (Phi) is 5.15. The Morgan fingerprint density at radius 2 is 1.84 bits per heavy atom. The largest absolute Gasteiger partial charge is 0.282 e. The van der Waals surface area contributed by atoms with E-state index < -0.39 is 10.2 Å². The van der Waals surface area contributed by atoms with Gasteiger partial charge in [0.15, 0.2) is 0 Å². The summed E-state index contributed by atoms with van der Waals surface area (Å²) in [7, 11) is -3.30. The van der Waals surface area contributed by atoms with Crippen molar-refractivity contribution in [2.45, 2.75) is 45.6 Å². The van der Waals surface area contributed by atoms with Crippen LogP contribution < -0.4 is 0 Å². The summed E-state index contributed by atoms with van der Waals surface area (Å²) in [6, 6.07) is 0.107. The molecule has 3 unspecified atom stereocenters. The lowest BCUT2D eigenvalue weighted by Crippen LogP contribution is -2.54. The van der Waals surface area contributed by atoms with Crippen LogP contribution >= 0.6 is 11.6 Å². The summed E-state index contributed by atoms with van der Waals surface area (Å²) < 4.78 is 28.9. The lowest BCUT2D eigenvalue weighted by atomic mass is 9.94. The van der Waals surface area contributed by atoms with Crippen molar-refractivity contribution in [2.24, 2.45) is 11.8 Å². The summed E-state index contributed by atoms with van der Waals surface area (Å²) in [6.45, 7) is 6.07. The normalized spacial score (nSPS) is 35.4. The molecule has 0 radical (unpaired) electrons. The molecular formula is C13H25ClN2O2S. The summed E-state index contributed by atoms with van der Waals surface area (Å²) in [5.74, 6) is 1.30. The van der Waals surface area contributed by atoms with Gasteiger partial charge in [-0.25, -0.2) is 0 Å². The zero-order valence-corrected chi connectivity index (χ0v) is 13.5. The lowest BCUT2D eigenvalue weighted by molar-refractivity contribution is 0.179. The van der Waals surface area contributed by atoms with E-state index in [1.165, 1.54) is 0 Å². The number of rotatable bonds is 3. The Balaban J connectivity index is 2.12. The van der Waals surface area contributed by atoms with Crippen molar-refractivity contribution in [3.63, 3.8) is 0 Å². The van der Waals surface area contributed by atoms with Gasteiger partial charge in [-0.05, 0) is 44.4 Å². The summed E-state index contributed by atoms with van der Waals surface area (Å²) in [4.78, 5) is 0. The molecule has 0 N–H and O–H groups in total. The van der Waals surface area contributed by atoms with Gasteiger partial charge in [0.2, 0.25) is 0 Å². The zero-order valence-electron chi connectivity index (χ0n) is 11.9. The molecule has 0 aliphatic carbocycles. The predicted octanol–water partition coefficient (Wildman–Crippen LogP) is 2.30. The van der Waals surface area contributed by atoms with Crippen LogP contribution in [-0.2, 0) is 10.2 Å². The van der Waals surface area contributed by atoms with E-state index in [1.807, 2.05) is 6.92 Å². The molecule has 2 rings (SSSR count). The molecule has 2 heterocycles. The molecule has 0 saturated carbocycles. The topological polar surface area (TPSA) is 40.6 Å². The van der Waals surface area contributed by atoms with Gasteiger partial charge in [-0.1, -0.05) is 6.92 Å². The van der Waals surface area contributed by atoms with E-state index in [1.54, 1.807) is 8.61 Å². The summed E-state index contributed by atoms with van der Waals surface area (Å²) in [5.41, 5.74) is 0. The van der Waals surface area contributed by atoms with Crippen LogP contribution in [0.15, 0.2) is 0 Å². The van der Waals surface area contributed by atoms with Gasteiger partial charge < -0.3 is 0 Å². The Bertz CT molecular complexity index is 401. The summed E-state index contributed by atoms with van der Waals surface area (Å²) >= 11 is 5.90. The third-order valence-corrected chi connectivity index (χ3v) is 7.17. The van der Waals surface area contributed by atoms with Crippen molar-refractivity contribution in [1.29, 1.82) is 0 Å². The van der Waals surface area contributed by atoms with E-state index in [-0.39, 0.29) is 6.04 Å². The lowest BCUT2D eigenvalue weighted by Gasteiger charge is -2.41. The smallest absolute Gasteiger partial charge is 0.195 e. The summed E-state index contributed by atoms with van der Waals surface area (Å²) in [6.07, 6.45) is 4.06. The third kappa shape index (κ3) is 3.26. The van der Waals surface area contributed by atoms with Crippen LogP contribution in [0.4, 0.5) is 0 Å². The Morgan fingerprint density at radius 3 is 2.53 bits per heavy atom. The first-order valence-electron chi connectivity index (χ1n) is 7.29. The molecule has 0 amide bonds. The van der Waals surface area contributed by atoms with E-state index in [0.717, 1.165) is 25.7 Å². The van der Waals surface area contributed by atoms with Crippen LogP contribution in [0, 0.1) is 11.8 Å². The van der Waals surface area contributed by atoms with E-state index in [0.29, 0.717) is 37.4 Å². The molecule has 2 fully saturated rings. The fourth-order valence-corrected chi connectivity index (χ4v) is 5.43.